The van der Waals surface area contributed by atoms with E-state index in [1.54, 1.807) is 12.4 Å². The molecule has 240 valence electrons. The second-order valence-corrected chi connectivity index (χ2v) is 13.2. The molecule has 10 aromatic rings. The normalized spacial score (nSPS) is 12.9. The van der Waals surface area contributed by atoms with Crippen LogP contribution in [0, 0.1) is 0 Å². The number of pyridine rings is 1. The number of benzene rings is 5. The van der Waals surface area contributed by atoms with Crippen LogP contribution in [0.15, 0.2) is 152 Å². The Kier molecular flexibility index (Phi) is 5.98. The average molecular weight is 655 g/mol. The summed E-state index contributed by atoms with van der Waals surface area (Å²) in [5, 5.41) is 6.09. The van der Waals surface area contributed by atoms with E-state index in [-0.39, 0.29) is 0 Å². The number of hydrogen-bond acceptors (Lipinski definition) is 3. The van der Waals surface area contributed by atoms with Crippen LogP contribution in [0.2, 0.25) is 0 Å². The molecule has 0 bridgehead atoms. The minimum atomic E-state index is 0.663. The fraction of sp³-hybridized carbons (Fsp3) is 0.0444. The summed E-state index contributed by atoms with van der Waals surface area (Å²) in [6, 6.07) is 47.6. The smallest absolute Gasteiger partial charge is 0.164 e. The van der Waals surface area contributed by atoms with Gasteiger partial charge in [-0.3, -0.25) is 14.1 Å². The molecule has 0 spiro atoms. The average Bonchev–Trinajstić information content (AvgIpc) is 3.84. The van der Waals surface area contributed by atoms with Crippen LogP contribution < -0.4 is 0 Å². The Hall–Kier alpha value is -6.79. The van der Waals surface area contributed by atoms with Crippen molar-refractivity contribution in [3.8, 4) is 28.7 Å². The van der Waals surface area contributed by atoms with Crippen molar-refractivity contribution in [1.82, 2.24) is 28.7 Å². The Bertz CT molecular complexity index is 2980. The molecule has 6 nitrogen and oxygen atoms in total. The summed E-state index contributed by atoms with van der Waals surface area (Å²) in [5.41, 5.74) is 10.3. The van der Waals surface area contributed by atoms with Gasteiger partial charge in [-0.15, -0.1) is 0 Å². The molecule has 0 atom stereocenters. The molecule has 1 aliphatic carbocycles. The number of allylic oxidation sites excluding steroid dienone is 1. The Balaban J connectivity index is 1.19. The molecule has 51 heavy (non-hydrogen) atoms. The summed E-state index contributed by atoms with van der Waals surface area (Å²) in [7, 11) is 0. The summed E-state index contributed by atoms with van der Waals surface area (Å²) in [5.74, 6) is 2.34. The van der Waals surface area contributed by atoms with Gasteiger partial charge in [0.1, 0.15) is 11.6 Å². The van der Waals surface area contributed by atoms with Crippen molar-refractivity contribution in [1.29, 1.82) is 0 Å². The van der Waals surface area contributed by atoms with Gasteiger partial charge in [-0.2, -0.15) is 0 Å². The molecule has 0 saturated heterocycles. The van der Waals surface area contributed by atoms with Crippen molar-refractivity contribution in [2.24, 2.45) is 0 Å². The van der Waals surface area contributed by atoms with Gasteiger partial charge in [0.05, 0.1) is 27.6 Å². The SMILES string of the molecule is C1=Cc2c(n(-c3cc(-n4c5ccccc5c5cc(-n6c7ccccc7c7ccccc76)ccc54)nc(-c4ccncc4)n3)c3ccccc23)CC1. The van der Waals surface area contributed by atoms with E-state index in [0.717, 1.165) is 52.3 Å². The van der Waals surface area contributed by atoms with Gasteiger partial charge in [-0.1, -0.05) is 84.9 Å². The molecule has 5 aromatic heterocycles. The molecule has 0 unspecified atom stereocenters. The number of para-hydroxylation sites is 4. The summed E-state index contributed by atoms with van der Waals surface area (Å²) >= 11 is 0. The lowest BCUT2D eigenvalue weighted by Crippen LogP contribution is -2.09. The Morgan fingerprint density at radius 2 is 1.02 bits per heavy atom. The van der Waals surface area contributed by atoms with Crippen LogP contribution in [0.3, 0.4) is 0 Å². The molecular weight excluding hydrogens is 625 g/mol. The monoisotopic (exact) mass is 654 g/mol. The lowest BCUT2D eigenvalue weighted by molar-refractivity contribution is 0.864. The third-order valence-corrected chi connectivity index (χ3v) is 10.4. The summed E-state index contributed by atoms with van der Waals surface area (Å²) in [6.07, 6.45) is 10.1. The number of nitrogens with zero attached hydrogens (tertiary/aromatic N) is 6. The predicted molar refractivity (Wildman–Crippen MR) is 208 cm³/mol. The number of fused-ring (bicyclic) bond motifs is 9. The molecule has 0 aliphatic heterocycles. The molecule has 5 heterocycles. The van der Waals surface area contributed by atoms with E-state index in [2.05, 4.69) is 152 Å². The predicted octanol–water partition coefficient (Wildman–Crippen LogP) is 10.6. The Morgan fingerprint density at radius 1 is 0.471 bits per heavy atom. The van der Waals surface area contributed by atoms with Gasteiger partial charge in [0.25, 0.3) is 0 Å². The molecule has 1 aliphatic rings. The van der Waals surface area contributed by atoms with Gasteiger partial charge >= 0.3 is 0 Å². The van der Waals surface area contributed by atoms with Gasteiger partial charge in [0.15, 0.2) is 5.82 Å². The lowest BCUT2D eigenvalue weighted by Gasteiger charge is -2.16. The van der Waals surface area contributed by atoms with Gasteiger partial charge in [-0.05, 0) is 67.4 Å². The quantitative estimate of drug-likeness (QED) is 0.190. The summed E-state index contributed by atoms with van der Waals surface area (Å²) < 4.78 is 7.03. The van der Waals surface area contributed by atoms with Crippen LogP contribution in [-0.4, -0.2) is 28.7 Å². The molecule has 0 saturated carbocycles. The maximum atomic E-state index is 5.29. The van der Waals surface area contributed by atoms with Crippen molar-refractivity contribution in [2.75, 3.05) is 0 Å². The zero-order valence-corrected chi connectivity index (χ0v) is 27.6. The first kappa shape index (κ1) is 28.1. The summed E-state index contributed by atoms with van der Waals surface area (Å²) in [6.45, 7) is 0. The van der Waals surface area contributed by atoms with Crippen molar-refractivity contribution >= 4 is 60.6 Å². The number of aromatic nitrogens is 6. The van der Waals surface area contributed by atoms with Gasteiger partial charge < -0.3 is 4.57 Å². The zero-order chi connectivity index (χ0) is 33.5. The van der Waals surface area contributed by atoms with Crippen LogP contribution >= 0.6 is 0 Å². The standard InChI is InChI=1S/C45H30N6/c1-6-16-37-31(11-1)32-12-2-7-17-38(32)49(37)30-21-22-42-36(27-30)35-15-5-10-20-41(35)51(42)44-28-43(47-45(48-44)29-23-25-46-26-24-29)50-39-18-8-3-13-33(39)34-14-4-9-19-40(34)50/h1-8,10-18,20-28H,9,19H2. The van der Waals surface area contributed by atoms with Crippen LogP contribution in [0.25, 0.3) is 89.3 Å². The maximum absolute atomic E-state index is 5.29. The minimum absolute atomic E-state index is 0.663. The van der Waals surface area contributed by atoms with Crippen LogP contribution in [0.1, 0.15) is 17.7 Å². The van der Waals surface area contributed by atoms with Crippen molar-refractivity contribution < 1.29 is 0 Å². The summed E-state index contributed by atoms with van der Waals surface area (Å²) in [4.78, 5) is 14.8. The van der Waals surface area contributed by atoms with Gasteiger partial charge in [0.2, 0.25) is 0 Å². The van der Waals surface area contributed by atoms with E-state index in [9.17, 15) is 0 Å². The van der Waals surface area contributed by atoms with E-state index in [0.29, 0.717) is 5.82 Å². The molecule has 11 rings (SSSR count). The second kappa shape index (κ2) is 10.9. The first-order valence-corrected chi connectivity index (χ1v) is 17.4. The molecule has 0 radical (unpaired) electrons. The van der Waals surface area contributed by atoms with Gasteiger partial charge in [-0.25, -0.2) is 9.97 Å². The van der Waals surface area contributed by atoms with Gasteiger partial charge in [0, 0.05) is 67.9 Å². The first-order chi connectivity index (χ1) is 25.3. The fourth-order valence-corrected chi connectivity index (χ4v) is 8.26. The van der Waals surface area contributed by atoms with Crippen molar-refractivity contribution in [3.63, 3.8) is 0 Å². The Morgan fingerprint density at radius 3 is 1.71 bits per heavy atom. The molecule has 0 amide bonds. The van der Waals surface area contributed by atoms with E-state index in [4.69, 9.17) is 9.97 Å². The third-order valence-electron chi connectivity index (χ3n) is 10.4. The second-order valence-electron chi connectivity index (χ2n) is 13.2. The van der Waals surface area contributed by atoms with Crippen LogP contribution in [0.5, 0.6) is 0 Å². The van der Waals surface area contributed by atoms with E-state index in [1.165, 1.54) is 49.2 Å². The highest BCUT2D eigenvalue weighted by molar-refractivity contribution is 6.12. The van der Waals surface area contributed by atoms with Crippen molar-refractivity contribution in [3.05, 3.63) is 163 Å². The van der Waals surface area contributed by atoms with E-state index >= 15 is 0 Å². The molecule has 5 aromatic carbocycles. The van der Waals surface area contributed by atoms with E-state index in [1.807, 2.05) is 12.1 Å². The largest absolute Gasteiger partial charge is 0.309 e. The number of hydrogen-bond donors (Lipinski definition) is 0. The highest BCUT2D eigenvalue weighted by Gasteiger charge is 2.22. The van der Waals surface area contributed by atoms with Crippen LogP contribution in [-0.2, 0) is 6.42 Å². The lowest BCUT2D eigenvalue weighted by atomic mass is 10.0. The minimum Gasteiger partial charge on any atom is -0.309 e. The maximum Gasteiger partial charge on any atom is 0.164 e. The van der Waals surface area contributed by atoms with Crippen LogP contribution in [0.4, 0.5) is 0 Å². The molecule has 0 N–H and O–H groups in total. The Labute approximate surface area is 293 Å². The topological polar surface area (TPSA) is 53.5 Å². The van der Waals surface area contributed by atoms with Crippen molar-refractivity contribution in [2.45, 2.75) is 12.8 Å². The first-order valence-electron chi connectivity index (χ1n) is 17.4. The highest BCUT2D eigenvalue weighted by atomic mass is 15.1. The van der Waals surface area contributed by atoms with E-state index < -0.39 is 0 Å². The molecule has 0 fully saturated rings. The molecular formula is C45H30N6. The zero-order valence-electron chi connectivity index (χ0n) is 27.6. The fourth-order valence-electron chi connectivity index (χ4n) is 8.26. The third kappa shape index (κ3) is 4.14. The number of rotatable bonds is 4. The highest BCUT2D eigenvalue weighted by Crippen LogP contribution is 2.38. The molecule has 6 heteroatoms.